The van der Waals surface area contributed by atoms with E-state index in [1.54, 1.807) is 0 Å². The van der Waals surface area contributed by atoms with Crippen molar-refractivity contribution in [3.05, 3.63) is 53.7 Å². The van der Waals surface area contributed by atoms with Gasteiger partial charge in [0.25, 0.3) is 0 Å². The predicted molar refractivity (Wildman–Crippen MR) is 90.8 cm³/mol. The number of hydrogen-bond acceptors (Lipinski definition) is 5. The second kappa shape index (κ2) is 8.37. The monoisotopic (exact) mass is 367 g/mol. The van der Waals surface area contributed by atoms with Crippen molar-refractivity contribution in [1.29, 1.82) is 0 Å². The van der Waals surface area contributed by atoms with E-state index >= 15 is 0 Å². The molecule has 0 aliphatic carbocycles. The second-order valence-electron chi connectivity index (χ2n) is 5.99. The van der Waals surface area contributed by atoms with Gasteiger partial charge in [-0.05, 0) is 23.3 Å². The Morgan fingerprint density at radius 1 is 1.12 bits per heavy atom. The molecule has 1 aromatic heterocycles. The molecule has 0 bridgehead atoms. The lowest BCUT2D eigenvalue weighted by Gasteiger charge is -2.26. The molecule has 1 saturated heterocycles. The lowest BCUT2D eigenvalue weighted by atomic mass is 10.1. The van der Waals surface area contributed by atoms with Crippen LogP contribution < -0.4 is 10.1 Å². The van der Waals surface area contributed by atoms with E-state index in [1.807, 2.05) is 12.1 Å². The van der Waals surface area contributed by atoms with Gasteiger partial charge in [0.1, 0.15) is 11.6 Å². The Morgan fingerprint density at radius 3 is 2.58 bits per heavy atom. The normalized spacial score (nSPS) is 15.7. The van der Waals surface area contributed by atoms with Crippen LogP contribution in [0.2, 0.25) is 0 Å². The average Bonchev–Trinajstić information content (AvgIpc) is 2.61. The summed E-state index contributed by atoms with van der Waals surface area (Å²) in [7, 11) is 0. The molecule has 0 spiro atoms. The van der Waals surface area contributed by atoms with Crippen LogP contribution in [-0.2, 0) is 17.8 Å². The van der Waals surface area contributed by atoms with Gasteiger partial charge in [0.2, 0.25) is 0 Å². The van der Waals surface area contributed by atoms with Crippen LogP contribution in [-0.4, -0.2) is 42.5 Å². The van der Waals surface area contributed by atoms with Crippen LogP contribution in [0.25, 0.3) is 0 Å². The number of aromatic nitrogens is 1. The van der Waals surface area contributed by atoms with E-state index in [1.165, 1.54) is 17.7 Å². The highest BCUT2D eigenvalue weighted by Crippen LogP contribution is 2.22. The number of morpholine rings is 1. The number of rotatable bonds is 6. The number of ether oxygens (including phenoxy) is 2. The van der Waals surface area contributed by atoms with E-state index in [-0.39, 0.29) is 5.75 Å². The average molecular weight is 367 g/mol. The summed E-state index contributed by atoms with van der Waals surface area (Å²) in [6.45, 7) is 4.79. The molecule has 26 heavy (non-hydrogen) atoms. The molecule has 0 saturated carbocycles. The number of halogens is 3. The second-order valence-corrected chi connectivity index (χ2v) is 5.99. The maximum Gasteiger partial charge on any atom is 0.573 e. The molecular weight excluding hydrogens is 347 g/mol. The van der Waals surface area contributed by atoms with Gasteiger partial charge in [0.05, 0.1) is 19.4 Å². The van der Waals surface area contributed by atoms with Crippen molar-refractivity contribution in [1.82, 2.24) is 9.88 Å². The third-order valence-corrected chi connectivity index (χ3v) is 3.94. The van der Waals surface area contributed by atoms with Crippen LogP contribution in [0.15, 0.2) is 42.6 Å². The van der Waals surface area contributed by atoms with Crippen LogP contribution in [0.3, 0.4) is 0 Å². The molecule has 1 N–H and O–H groups in total. The Morgan fingerprint density at radius 2 is 1.88 bits per heavy atom. The van der Waals surface area contributed by atoms with Gasteiger partial charge in [-0.15, -0.1) is 13.2 Å². The minimum absolute atomic E-state index is 0.337. The van der Waals surface area contributed by atoms with Crippen LogP contribution >= 0.6 is 0 Å². The minimum atomic E-state index is -4.71. The van der Waals surface area contributed by atoms with E-state index in [0.717, 1.165) is 44.6 Å². The zero-order valence-corrected chi connectivity index (χ0v) is 14.1. The van der Waals surface area contributed by atoms with Gasteiger partial charge in [-0.3, -0.25) is 4.90 Å². The fourth-order valence-corrected chi connectivity index (χ4v) is 2.73. The molecule has 3 rings (SSSR count). The summed E-state index contributed by atoms with van der Waals surface area (Å²) in [5.74, 6) is 0.147. The van der Waals surface area contributed by atoms with E-state index in [9.17, 15) is 13.2 Å². The Hall–Kier alpha value is -2.32. The molecule has 0 atom stereocenters. The number of pyridine rings is 1. The molecule has 1 aromatic carbocycles. The van der Waals surface area contributed by atoms with Gasteiger partial charge >= 0.3 is 6.36 Å². The molecule has 5 nitrogen and oxygen atoms in total. The first-order valence-electron chi connectivity index (χ1n) is 8.31. The van der Waals surface area contributed by atoms with Crippen LogP contribution in [0.5, 0.6) is 5.75 Å². The molecule has 0 unspecified atom stereocenters. The molecule has 140 valence electrons. The van der Waals surface area contributed by atoms with Gasteiger partial charge in [-0.2, -0.15) is 0 Å². The lowest BCUT2D eigenvalue weighted by molar-refractivity contribution is -0.274. The SMILES string of the molecule is FC(F)(F)Oc1ccc(NCc2cccc(CN3CCOCC3)c2)nc1. The van der Waals surface area contributed by atoms with Crippen LogP contribution in [0.1, 0.15) is 11.1 Å². The number of nitrogens with one attached hydrogen (secondary N) is 1. The van der Waals surface area contributed by atoms with Crippen molar-refractivity contribution in [3.8, 4) is 5.75 Å². The third-order valence-electron chi connectivity index (χ3n) is 3.94. The van der Waals surface area contributed by atoms with Gasteiger partial charge in [0.15, 0.2) is 0 Å². The Balaban J connectivity index is 1.53. The summed E-state index contributed by atoms with van der Waals surface area (Å²) in [5, 5.41) is 3.10. The molecule has 2 aromatic rings. The van der Waals surface area contributed by atoms with Gasteiger partial charge in [-0.25, -0.2) is 4.98 Å². The standard InChI is InChI=1S/C18H20F3N3O2/c19-18(20,21)26-16-4-5-17(23-12-16)22-11-14-2-1-3-15(10-14)13-24-6-8-25-9-7-24/h1-5,10,12H,6-9,11,13H2,(H,22,23). The minimum Gasteiger partial charge on any atom is -0.404 e. The largest absolute Gasteiger partial charge is 0.573 e. The van der Waals surface area contributed by atoms with Crippen molar-refractivity contribution in [2.75, 3.05) is 31.6 Å². The summed E-state index contributed by atoms with van der Waals surface area (Å²) in [6, 6.07) is 10.9. The number of alkyl halides is 3. The van der Waals surface area contributed by atoms with Crippen molar-refractivity contribution in [2.24, 2.45) is 0 Å². The van der Waals surface area contributed by atoms with Crippen molar-refractivity contribution in [3.63, 3.8) is 0 Å². The van der Waals surface area contributed by atoms with E-state index in [4.69, 9.17) is 4.74 Å². The first-order chi connectivity index (χ1) is 12.5. The Labute approximate surface area is 149 Å². The van der Waals surface area contributed by atoms with Gasteiger partial charge in [0, 0.05) is 26.2 Å². The summed E-state index contributed by atoms with van der Waals surface area (Å²) >= 11 is 0. The zero-order valence-electron chi connectivity index (χ0n) is 14.1. The van der Waals surface area contributed by atoms with E-state index in [2.05, 4.69) is 32.1 Å². The third kappa shape index (κ3) is 5.89. The highest BCUT2D eigenvalue weighted by Gasteiger charge is 2.31. The molecule has 8 heteroatoms. The van der Waals surface area contributed by atoms with Gasteiger partial charge < -0.3 is 14.8 Å². The summed E-state index contributed by atoms with van der Waals surface area (Å²) in [6.07, 6.45) is -3.66. The highest BCUT2D eigenvalue weighted by molar-refractivity contribution is 5.38. The predicted octanol–water partition coefficient (Wildman–Crippen LogP) is 3.42. The number of anilines is 1. The maximum atomic E-state index is 12.1. The summed E-state index contributed by atoms with van der Waals surface area (Å²) < 4.78 is 45.6. The fourth-order valence-electron chi connectivity index (χ4n) is 2.73. The van der Waals surface area contributed by atoms with Crippen molar-refractivity contribution in [2.45, 2.75) is 19.5 Å². The molecule has 1 aliphatic rings. The summed E-state index contributed by atoms with van der Waals surface area (Å²) in [5.41, 5.74) is 2.29. The highest BCUT2D eigenvalue weighted by atomic mass is 19.4. The Kier molecular flexibility index (Phi) is 5.95. The molecule has 1 fully saturated rings. The van der Waals surface area contributed by atoms with Crippen LogP contribution in [0.4, 0.5) is 19.0 Å². The first-order valence-corrected chi connectivity index (χ1v) is 8.31. The van der Waals surface area contributed by atoms with Crippen molar-refractivity contribution >= 4 is 5.82 Å². The first kappa shape index (κ1) is 18.5. The molecule has 0 radical (unpaired) electrons. The number of nitrogens with zero attached hydrogens (tertiary/aromatic N) is 2. The topological polar surface area (TPSA) is 46.6 Å². The zero-order chi connectivity index (χ0) is 18.4. The molecule has 2 heterocycles. The number of benzene rings is 1. The molecule has 1 aliphatic heterocycles. The Bertz CT molecular complexity index is 702. The molecular formula is C18H20F3N3O2. The lowest BCUT2D eigenvalue weighted by Crippen LogP contribution is -2.35. The van der Waals surface area contributed by atoms with E-state index < -0.39 is 6.36 Å². The molecule has 0 amide bonds. The van der Waals surface area contributed by atoms with E-state index in [0.29, 0.717) is 12.4 Å². The maximum absolute atomic E-state index is 12.1. The number of hydrogen-bond donors (Lipinski definition) is 1. The van der Waals surface area contributed by atoms with Crippen molar-refractivity contribution < 1.29 is 22.6 Å². The fraction of sp³-hybridized carbons (Fsp3) is 0.389. The summed E-state index contributed by atoms with van der Waals surface area (Å²) in [4.78, 5) is 6.28. The quantitative estimate of drug-likeness (QED) is 0.848. The van der Waals surface area contributed by atoms with Gasteiger partial charge in [-0.1, -0.05) is 24.3 Å². The smallest absolute Gasteiger partial charge is 0.404 e. The van der Waals surface area contributed by atoms with Crippen LogP contribution in [0, 0.1) is 0 Å².